The molecule has 29 heavy (non-hydrogen) atoms. The van der Waals surface area contributed by atoms with Crippen LogP contribution in [0.1, 0.15) is 35.3 Å². The topological polar surface area (TPSA) is 44.9 Å². The average molecular weight is 383 g/mol. The Morgan fingerprint density at radius 1 is 1.03 bits per heavy atom. The Morgan fingerprint density at radius 3 is 2.55 bits per heavy atom. The highest BCUT2D eigenvalue weighted by molar-refractivity contribution is 6.00. The smallest absolute Gasteiger partial charge is 0.255 e. The lowest BCUT2D eigenvalue weighted by atomic mass is 10.0. The number of fused-ring (bicyclic) bond motifs is 1. The third kappa shape index (κ3) is 3.95. The summed E-state index contributed by atoms with van der Waals surface area (Å²) in [6.07, 6.45) is 8.25. The molecule has 1 aliphatic rings. The van der Waals surface area contributed by atoms with Gasteiger partial charge in [0.2, 0.25) is 0 Å². The van der Waals surface area contributed by atoms with E-state index in [9.17, 15) is 4.79 Å². The highest BCUT2D eigenvalue weighted by Gasteiger charge is 2.12. The quantitative estimate of drug-likeness (QED) is 0.555. The number of hydrogen-bond acceptors (Lipinski definition) is 1. The van der Waals surface area contributed by atoms with E-state index in [2.05, 4.69) is 74.4 Å². The molecule has 0 aliphatic heterocycles. The maximum absolute atomic E-state index is 12.8. The van der Waals surface area contributed by atoms with E-state index in [0.717, 1.165) is 27.9 Å². The molecule has 1 unspecified atom stereocenters. The number of aryl methyl sites for hydroxylation is 2. The van der Waals surface area contributed by atoms with Crippen molar-refractivity contribution in [2.24, 2.45) is 5.92 Å². The molecule has 4 rings (SSSR count). The van der Waals surface area contributed by atoms with Crippen molar-refractivity contribution in [1.29, 1.82) is 0 Å². The third-order valence-corrected chi connectivity index (χ3v) is 5.38. The Labute approximate surface area is 171 Å². The van der Waals surface area contributed by atoms with Gasteiger partial charge in [-0.1, -0.05) is 48.9 Å². The molecule has 3 aromatic rings. The van der Waals surface area contributed by atoms with E-state index in [1.54, 1.807) is 0 Å². The Balaban J connectivity index is 1.63. The molecule has 2 aromatic carbocycles. The van der Waals surface area contributed by atoms with E-state index in [1.165, 1.54) is 16.7 Å². The molecule has 0 saturated carbocycles. The molecular formula is C26H26N2O. The van der Waals surface area contributed by atoms with Crippen LogP contribution in [-0.2, 0) is 0 Å². The van der Waals surface area contributed by atoms with Crippen LogP contribution in [0.25, 0.3) is 22.2 Å². The molecule has 2 N–H and O–H groups in total. The molecular weight excluding hydrogens is 356 g/mol. The molecule has 1 heterocycles. The summed E-state index contributed by atoms with van der Waals surface area (Å²) in [4.78, 5) is 16.3. The predicted molar refractivity (Wildman–Crippen MR) is 121 cm³/mol. The van der Waals surface area contributed by atoms with Crippen molar-refractivity contribution in [2.75, 3.05) is 0 Å². The highest BCUT2D eigenvalue weighted by Crippen LogP contribution is 2.30. The second-order valence-electron chi connectivity index (χ2n) is 7.93. The minimum absolute atomic E-state index is 0.103. The van der Waals surface area contributed by atoms with Crippen LogP contribution in [0.3, 0.4) is 0 Å². The Bertz CT molecular complexity index is 1170. The normalized spacial score (nSPS) is 16.3. The van der Waals surface area contributed by atoms with E-state index in [4.69, 9.17) is 0 Å². The lowest BCUT2D eigenvalue weighted by molar-refractivity contribution is 0.0967. The predicted octanol–water partition coefficient (Wildman–Crippen LogP) is 6.22. The van der Waals surface area contributed by atoms with Gasteiger partial charge in [-0.05, 0) is 68.2 Å². The number of aromatic nitrogens is 1. The van der Waals surface area contributed by atoms with Crippen molar-refractivity contribution in [2.45, 2.75) is 27.7 Å². The van der Waals surface area contributed by atoms with Crippen molar-refractivity contribution in [3.05, 3.63) is 94.7 Å². The summed E-state index contributed by atoms with van der Waals surface area (Å²) in [6, 6.07) is 14.3. The van der Waals surface area contributed by atoms with Gasteiger partial charge in [0, 0.05) is 33.4 Å². The molecule has 1 amide bonds. The summed E-state index contributed by atoms with van der Waals surface area (Å²) in [5.41, 5.74) is 8.34. The summed E-state index contributed by atoms with van der Waals surface area (Å²) < 4.78 is 0. The Kier molecular flexibility index (Phi) is 4.98. The van der Waals surface area contributed by atoms with Gasteiger partial charge >= 0.3 is 0 Å². The van der Waals surface area contributed by atoms with Crippen LogP contribution in [0, 0.1) is 19.8 Å². The molecule has 3 heteroatoms. The molecule has 3 nitrogen and oxygen atoms in total. The van der Waals surface area contributed by atoms with Crippen LogP contribution in [0.5, 0.6) is 0 Å². The fraction of sp³-hybridized carbons (Fsp3) is 0.192. The molecule has 0 radical (unpaired) electrons. The van der Waals surface area contributed by atoms with Gasteiger partial charge in [0.25, 0.3) is 5.91 Å². The SMILES string of the molecule is CC1=CC(C)C=CC(NC(=O)c2ccc3cc(-c4c(C)cccc4C)[nH]c3c2)=C1. The van der Waals surface area contributed by atoms with Gasteiger partial charge in [-0.2, -0.15) is 0 Å². The Morgan fingerprint density at radius 2 is 1.79 bits per heavy atom. The highest BCUT2D eigenvalue weighted by atomic mass is 16.1. The number of hydrogen-bond donors (Lipinski definition) is 2. The van der Waals surface area contributed by atoms with Crippen LogP contribution in [0.2, 0.25) is 0 Å². The van der Waals surface area contributed by atoms with Crippen molar-refractivity contribution >= 4 is 16.8 Å². The number of rotatable bonds is 3. The molecule has 1 aromatic heterocycles. The number of benzene rings is 2. The summed E-state index contributed by atoms with van der Waals surface area (Å²) in [5.74, 6) is 0.257. The van der Waals surface area contributed by atoms with Crippen molar-refractivity contribution in [3.63, 3.8) is 0 Å². The summed E-state index contributed by atoms with van der Waals surface area (Å²) >= 11 is 0. The van der Waals surface area contributed by atoms with Gasteiger partial charge in [0.1, 0.15) is 0 Å². The van der Waals surface area contributed by atoms with E-state index in [-0.39, 0.29) is 5.91 Å². The van der Waals surface area contributed by atoms with Gasteiger partial charge in [-0.3, -0.25) is 4.79 Å². The second-order valence-corrected chi connectivity index (χ2v) is 7.93. The summed E-state index contributed by atoms with van der Waals surface area (Å²) in [6.45, 7) is 8.43. The zero-order valence-electron chi connectivity index (χ0n) is 17.3. The van der Waals surface area contributed by atoms with Crippen LogP contribution in [0.4, 0.5) is 0 Å². The zero-order valence-corrected chi connectivity index (χ0v) is 17.3. The maximum Gasteiger partial charge on any atom is 0.255 e. The standard InChI is InChI=1S/C26H26N2O/c1-16-8-11-22(13-17(2)12-16)27-26(29)21-10-9-20-14-24(28-23(20)15-21)25-18(3)6-5-7-19(25)4/h5-16,28H,1-4H3,(H,27,29). The molecule has 1 atom stereocenters. The molecule has 0 fully saturated rings. The summed E-state index contributed by atoms with van der Waals surface area (Å²) in [7, 11) is 0. The van der Waals surface area contributed by atoms with Crippen molar-refractivity contribution in [1.82, 2.24) is 10.3 Å². The van der Waals surface area contributed by atoms with Crippen molar-refractivity contribution in [3.8, 4) is 11.3 Å². The van der Waals surface area contributed by atoms with E-state index in [1.807, 2.05) is 30.4 Å². The van der Waals surface area contributed by atoms with Crippen LogP contribution >= 0.6 is 0 Å². The fourth-order valence-electron chi connectivity index (χ4n) is 3.99. The van der Waals surface area contributed by atoms with Crippen molar-refractivity contribution < 1.29 is 4.79 Å². The first-order valence-electron chi connectivity index (χ1n) is 10.00. The molecule has 0 saturated heterocycles. The largest absolute Gasteiger partial charge is 0.354 e. The molecule has 1 aliphatic carbocycles. The number of carbonyl (C=O) groups is 1. The number of amides is 1. The lowest BCUT2D eigenvalue weighted by Gasteiger charge is -2.07. The molecule has 146 valence electrons. The minimum atomic E-state index is -0.103. The van der Waals surface area contributed by atoms with Gasteiger partial charge in [-0.25, -0.2) is 0 Å². The zero-order chi connectivity index (χ0) is 20.5. The first-order chi connectivity index (χ1) is 13.9. The summed E-state index contributed by atoms with van der Waals surface area (Å²) in [5, 5.41) is 4.13. The number of aromatic amines is 1. The minimum Gasteiger partial charge on any atom is -0.354 e. The number of carbonyl (C=O) groups excluding carboxylic acids is 1. The average Bonchev–Trinajstić information content (AvgIpc) is 3.00. The number of allylic oxidation sites excluding steroid dienone is 5. The number of nitrogens with one attached hydrogen (secondary N) is 2. The Hall–Kier alpha value is -3.33. The van der Waals surface area contributed by atoms with Crippen LogP contribution < -0.4 is 5.32 Å². The van der Waals surface area contributed by atoms with E-state index >= 15 is 0 Å². The van der Waals surface area contributed by atoms with E-state index in [0.29, 0.717) is 11.5 Å². The van der Waals surface area contributed by atoms with Crippen LogP contribution in [-0.4, -0.2) is 10.9 Å². The van der Waals surface area contributed by atoms with E-state index < -0.39 is 0 Å². The van der Waals surface area contributed by atoms with Gasteiger partial charge in [-0.15, -0.1) is 0 Å². The van der Waals surface area contributed by atoms with Gasteiger partial charge < -0.3 is 10.3 Å². The van der Waals surface area contributed by atoms with Gasteiger partial charge in [0.15, 0.2) is 0 Å². The molecule has 0 bridgehead atoms. The monoisotopic (exact) mass is 382 g/mol. The van der Waals surface area contributed by atoms with Crippen LogP contribution in [0.15, 0.2) is 78.0 Å². The first kappa shape index (κ1) is 19.0. The van der Waals surface area contributed by atoms with Gasteiger partial charge in [0.05, 0.1) is 0 Å². The lowest BCUT2D eigenvalue weighted by Crippen LogP contribution is -2.21. The molecule has 0 spiro atoms. The fourth-order valence-corrected chi connectivity index (χ4v) is 3.99. The second kappa shape index (κ2) is 7.59. The maximum atomic E-state index is 12.8. The third-order valence-electron chi connectivity index (χ3n) is 5.38. The number of H-pyrrole nitrogens is 1. The first-order valence-corrected chi connectivity index (χ1v) is 10.00.